The van der Waals surface area contributed by atoms with Crippen molar-refractivity contribution in [2.24, 2.45) is 0 Å². The average molecular weight is 378 g/mol. The second kappa shape index (κ2) is 9.18. The van der Waals surface area contributed by atoms with E-state index in [4.69, 9.17) is 9.47 Å². The van der Waals surface area contributed by atoms with E-state index in [1.165, 1.54) is 13.0 Å². The molecule has 0 aromatic heterocycles. The first kappa shape index (κ1) is 19.6. The highest BCUT2D eigenvalue weighted by Crippen LogP contribution is 2.26. The summed E-state index contributed by atoms with van der Waals surface area (Å²) in [4.78, 5) is 11.1. The lowest BCUT2D eigenvalue weighted by Gasteiger charge is -2.11. The third kappa shape index (κ3) is 5.43. The van der Waals surface area contributed by atoms with E-state index < -0.39 is 5.82 Å². The fourth-order valence-corrected chi connectivity index (χ4v) is 2.80. The van der Waals surface area contributed by atoms with Crippen molar-refractivity contribution in [1.82, 2.24) is 0 Å². The van der Waals surface area contributed by atoms with Crippen molar-refractivity contribution in [1.29, 1.82) is 0 Å². The highest BCUT2D eigenvalue weighted by Gasteiger charge is 2.07. The van der Waals surface area contributed by atoms with Crippen molar-refractivity contribution < 1.29 is 18.7 Å². The second-order valence-corrected chi connectivity index (χ2v) is 6.77. The molecule has 3 rings (SSSR count). The van der Waals surface area contributed by atoms with Gasteiger partial charge < -0.3 is 14.3 Å². The molecule has 0 aliphatic carbocycles. The van der Waals surface area contributed by atoms with Crippen LogP contribution in [0.15, 0.2) is 66.7 Å². The highest BCUT2D eigenvalue weighted by atomic mass is 19.1. The lowest BCUT2D eigenvalue weighted by Crippen LogP contribution is -1.99. The summed E-state index contributed by atoms with van der Waals surface area (Å²) < 4.78 is 25.8. The van der Waals surface area contributed by atoms with Crippen LogP contribution in [-0.2, 0) is 17.8 Å². The molecule has 0 aliphatic rings. The van der Waals surface area contributed by atoms with Crippen molar-refractivity contribution in [3.8, 4) is 17.2 Å². The van der Waals surface area contributed by atoms with Crippen LogP contribution >= 0.6 is 0 Å². The number of para-hydroxylation sites is 1. The number of aryl methyl sites for hydroxylation is 2. The van der Waals surface area contributed by atoms with Crippen molar-refractivity contribution >= 4 is 5.78 Å². The molecule has 0 aliphatic heterocycles. The van der Waals surface area contributed by atoms with Gasteiger partial charge in [-0.2, -0.15) is 0 Å². The van der Waals surface area contributed by atoms with E-state index in [0.717, 1.165) is 22.4 Å². The van der Waals surface area contributed by atoms with Gasteiger partial charge in [0.1, 0.15) is 23.9 Å². The molecule has 0 fully saturated rings. The predicted octanol–water partition coefficient (Wildman–Crippen LogP) is 6.03. The molecular formula is C24H23FO3. The molecular weight excluding hydrogens is 355 g/mol. The molecule has 0 unspecified atom stereocenters. The minimum Gasteiger partial charge on any atom is -0.486 e. The van der Waals surface area contributed by atoms with Crippen molar-refractivity contribution in [2.45, 2.75) is 33.3 Å². The van der Waals surface area contributed by atoms with Gasteiger partial charge in [0, 0.05) is 6.42 Å². The maximum Gasteiger partial charge on any atom is 0.165 e. The smallest absolute Gasteiger partial charge is 0.165 e. The number of ether oxygens (including phenoxy) is 2. The first-order chi connectivity index (χ1) is 13.5. The first-order valence-corrected chi connectivity index (χ1v) is 9.24. The number of halogens is 1. The number of rotatable bonds is 8. The van der Waals surface area contributed by atoms with Crippen LogP contribution in [0.1, 0.15) is 30.0 Å². The van der Waals surface area contributed by atoms with Crippen LogP contribution in [-0.4, -0.2) is 5.78 Å². The van der Waals surface area contributed by atoms with Crippen LogP contribution in [0.4, 0.5) is 4.39 Å². The molecule has 0 N–H and O–H groups in total. The quantitative estimate of drug-likeness (QED) is 0.480. The molecule has 0 saturated heterocycles. The standard InChI is InChI=1S/C24H23FO3/c1-17-6-3-4-9-23(17)28-21-8-5-7-20(14-21)16-27-24-13-12-19(15-22(24)25)11-10-18(2)26/h3-9,12-15H,10-11,16H2,1-2H3. The minimum atomic E-state index is -0.423. The monoisotopic (exact) mass is 378 g/mol. The Bertz CT molecular complexity index is 966. The number of benzene rings is 3. The predicted molar refractivity (Wildman–Crippen MR) is 107 cm³/mol. The molecule has 0 spiro atoms. The van der Waals surface area contributed by atoms with Crippen LogP contribution in [0.2, 0.25) is 0 Å². The molecule has 28 heavy (non-hydrogen) atoms. The maximum absolute atomic E-state index is 14.3. The maximum atomic E-state index is 14.3. The Morgan fingerprint density at radius 2 is 1.75 bits per heavy atom. The summed E-state index contributed by atoms with van der Waals surface area (Å²) in [7, 11) is 0. The van der Waals surface area contributed by atoms with E-state index in [2.05, 4.69) is 0 Å². The van der Waals surface area contributed by atoms with Crippen molar-refractivity contribution in [3.63, 3.8) is 0 Å². The van der Waals surface area contributed by atoms with Gasteiger partial charge in [0.25, 0.3) is 0 Å². The number of Topliss-reactive ketones (excluding diaryl/α,β-unsaturated/α-hetero) is 1. The highest BCUT2D eigenvalue weighted by molar-refractivity contribution is 5.75. The van der Waals surface area contributed by atoms with Crippen molar-refractivity contribution in [3.05, 3.63) is 89.2 Å². The topological polar surface area (TPSA) is 35.5 Å². The molecule has 3 aromatic carbocycles. The number of hydrogen-bond donors (Lipinski definition) is 0. The van der Waals surface area contributed by atoms with Gasteiger partial charge in [0.05, 0.1) is 0 Å². The zero-order valence-electron chi connectivity index (χ0n) is 16.1. The van der Waals surface area contributed by atoms with Gasteiger partial charge in [-0.1, -0.05) is 36.4 Å². The van der Waals surface area contributed by atoms with Crippen molar-refractivity contribution in [2.75, 3.05) is 0 Å². The molecule has 0 heterocycles. The van der Waals surface area contributed by atoms with E-state index in [1.807, 2.05) is 55.5 Å². The molecule has 144 valence electrons. The van der Waals surface area contributed by atoms with Crippen LogP contribution in [0.5, 0.6) is 17.2 Å². The van der Waals surface area contributed by atoms with E-state index in [-0.39, 0.29) is 18.1 Å². The summed E-state index contributed by atoms with van der Waals surface area (Å²) in [5.41, 5.74) is 2.72. The number of carbonyl (C=O) groups is 1. The third-order valence-electron chi connectivity index (χ3n) is 4.38. The summed E-state index contributed by atoms with van der Waals surface area (Å²) in [5.74, 6) is 1.36. The number of ketones is 1. The van der Waals surface area contributed by atoms with Crippen LogP contribution in [0.3, 0.4) is 0 Å². The van der Waals surface area contributed by atoms with Crippen LogP contribution < -0.4 is 9.47 Å². The molecule has 3 aromatic rings. The van der Waals surface area contributed by atoms with E-state index in [0.29, 0.717) is 18.6 Å². The Morgan fingerprint density at radius 3 is 2.50 bits per heavy atom. The normalized spacial score (nSPS) is 10.5. The zero-order valence-corrected chi connectivity index (χ0v) is 16.1. The Hall–Kier alpha value is -3.14. The summed E-state index contributed by atoms with van der Waals surface area (Å²) in [6, 6.07) is 20.2. The third-order valence-corrected chi connectivity index (χ3v) is 4.38. The molecule has 0 atom stereocenters. The minimum absolute atomic E-state index is 0.0912. The first-order valence-electron chi connectivity index (χ1n) is 9.24. The lowest BCUT2D eigenvalue weighted by atomic mass is 10.1. The Kier molecular flexibility index (Phi) is 6.43. The van der Waals surface area contributed by atoms with Gasteiger partial charge in [0.15, 0.2) is 11.6 Å². The summed E-state index contributed by atoms with van der Waals surface area (Å²) >= 11 is 0. The Balaban J connectivity index is 1.63. The number of hydrogen-bond acceptors (Lipinski definition) is 3. The fraction of sp³-hybridized carbons (Fsp3) is 0.208. The van der Waals surface area contributed by atoms with Gasteiger partial charge in [-0.05, 0) is 67.3 Å². The molecule has 0 saturated carbocycles. The largest absolute Gasteiger partial charge is 0.486 e. The second-order valence-electron chi connectivity index (χ2n) is 6.77. The summed E-state index contributed by atoms with van der Waals surface area (Å²) in [6.07, 6.45) is 0.943. The lowest BCUT2D eigenvalue weighted by molar-refractivity contribution is -0.116. The number of carbonyl (C=O) groups excluding carboxylic acids is 1. The SMILES string of the molecule is CC(=O)CCc1ccc(OCc2cccc(Oc3ccccc3C)c2)c(F)c1. The molecule has 4 heteroatoms. The molecule has 3 nitrogen and oxygen atoms in total. The average Bonchev–Trinajstić information content (AvgIpc) is 2.68. The summed E-state index contributed by atoms with van der Waals surface area (Å²) in [6.45, 7) is 3.75. The van der Waals surface area contributed by atoms with Gasteiger partial charge >= 0.3 is 0 Å². The molecule has 0 radical (unpaired) electrons. The molecule has 0 amide bonds. The van der Waals surface area contributed by atoms with E-state index in [1.54, 1.807) is 12.1 Å². The Labute approximate surface area is 164 Å². The fourth-order valence-electron chi connectivity index (χ4n) is 2.80. The van der Waals surface area contributed by atoms with Gasteiger partial charge in [0.2, 0.25) is 0 Å². The summed E-state index contributed by atoms with van der Waals surface area (Å²) in [5, 5.41) is 0. The van der Waals surface area contributed by atoms with Gasteiger partial charge in [-0.15, -0.1) is 0 Å². The van der Waals surface area contributed by atoms with Crippen LogP contribution in [0, 0.1) is 12.7 Å². The Morgan fingerprint density at radius 1 is 0.929 bits per heavy atom. The van der Waals surface area contributed by atoms with Gasteiger partial charge in [-0.25, -0.2) is 4.39 Å². The van der Waals surface area contributed by atoms with E-state index in [9.17, 15) is 9.18 Å². The van der Waals surface area contributed by atoms with E-state index >= 15 is 0 Å². The van der Waals surface area contributed by atoms with Crippen LogP contribution in [0.25, 0.3) is 0 Å². The molecule has 0 bridgehead atoms. The van der Waals surface area contributed by atoms with Gasteiger partial charge in [-0.3, -0.25) is 0 Å². The zero-order chi connectivity index (χ0) is 19.9.